The molecular weight excluding hydrogens is 252 g/mol. The lowest BCUT2D eigenvalue weighted by Gasteiger charge is -2.24. The minimum absolute atomic E-state index is 0.0134. The van der Waals surface area contributed by atoms with Gasteiger partial charge in [0.2, 0.25) is 0 Å². The molecule has 1 heterocycles. The second-order valence-electron chi connectivity index (χ2n) is 4.24. The number of pyridine rings is 1. The van der Waals surface area contributed by atoms with Gasteiger partial charge in [0.25, 0.3) is 5.91 Å². The molecule has 0 aliphatic heterocycles. The van der Waals surface area contributed by atoms with Crippen LogP contribution in [0.5, 0.6) is 0 Å². The van der Waals surface area contributed by atoms with Crippen LogP contribution < -0.4 is 0 Å². The maximum absolute atomic E-state index is 12.3. The number of likely N-dealkylation sites (N-methyl/N-ethyl adjacent to an activating group) is 1. The molecule has 0 saturated heterocycles. The van der Waals surface area contributed by atoms with E-state index in [4.69, 9.17) is 16.3 Å². The van der Waals surface area contributed by atoms with Gasteiger partial charge in [0.05, 0.1) is 12.6 Å². The molecule has 0 radical (unpaired) electrons. The van der Waals surface area contributed by atoms with Crippen LogP contribution in [0.15, 0.2) is 12.1 Å². The van der Waals surface area contributed by atoms with E-state index in [0.717, 1.165) is 12.1 Å². The summed E-state index contributed by atoms with van der Waals surface area (Å²) in [6.45, 7) is 4.41. The summed E-state index contributed by atoms with van der Waals surface area (Å²) in [4.78, 5) is 18.1. The molecule has 1 aromatic rings. The Kier molecular flexibility index (Phi) is 5.56. The molecule has 0 fully saturated rings. The van der Waals surface area contributed by atoms with Gasteiger partial charge in [-0.25, -0.2) is 4.98 Å². The summed E-state index contributed by atoms with van der Waals surface area (Å²) in [5.74, 6) is -0.0708. The van der Waals surface area contributed by atoms with Gasteiger partial charge in [-0.1, -0.05) is 18.5 Å². The highest BCUT2D eigenvalue weighted by Crippen LogP contribution is 2.14. The lowest BCUT2D eigenvalue weighted by atomic mass is 10.1. The van der Waals surface area contributed by atoms with E-state index in [1.807, 2.05) is 13.8 Å². The third-order valence-electron chi connectivity index (χ3n) is 2.85. The van der Waals surface area contributed by atoms with Crippen molar-refractivity contribution in [1.29, 1.82) is 0 Å². The van der Waals surface area contributed by atoms with Gasteiger partial charge in [0, 0.05) is 25.4 Å². The molecule has 1 atom stereocenters. The SMILES string of the molecule is CCc1cc(C(=O)N(C)C(C)COC)cc(Cl)n1. The van der Waals surface area contributed by atoms with Crippen molar-refractivity contribution in [2.45, 2.75) is 26.3 Å². The molecule has 1 rings (SSSR count). The molecular formula is C13H19ClN2O2. The standard InChI is InChI=1S/C13H19ClN2O2/c1-5-11-6-10(7-12(14)15-11)13(17)16(3)9(2)8-18-4/h6-7,9H,5,8H2,1-4H3. The van der Waals surface area contributed by atoms with Crippen LogP contribution in [0.1, 0.15) is 29.9 Å². The summed E-state index contributed by atoms with van der Waals surface area (Å²) in [5, 5.41) is 0.352. The quantitative estimate of drug-likeness (QED) is 0.772. The van der Waals surface area contributed by atoms with E-state index in [1.165, 1.54) is 0 Å². The minimum atomic E-state index is -0.0708. The number of aromatic nitrogens is 1. The van der Waals surface area contributed by atoms with Crippen LogP contribution >= 0.6 is 11.6 Å². The molecule has 18 heavy (non-hydrogen) atoms. The Balaban J connectivity index is 2.92. The number of nitrogens with zero attached hydrogens (tertiary/aromatic N) is 2. The van der Waals surface area contributed by atoms with Gasteiger partial charge in [0.1, 0.15) is 5.15 Å². The average molecular weight is 271 g/mol. The van der Waals surface area contributed by atoms with E-state index in [2.05, 4.69) is 4.98 Å². The summed E-state index contributed by atoms with van der Waals surface area (Å²) in [6.07, 6.45) is 0.748. The Bertz CT molecular complexity index is 423. The van der Waals surface area contributed by atoms with Gasteiger partial charge in [-0.2, -0.15) is 0 Å². The van der Waals surface area contributed by atoms with Crippen LogP contribution in [0.25, 0.3) is 0 Å². The fraction of sp³-hybridized carbons (Fsp3) is 0.538. The molecule has 0 saturated carbocycles. The van der Waals surface area contributed by atoms with Gasteiger partial charge in [0.15, 0.2) is 0 Å². The Hall–Kier alpha value is -1.13. The number of ether oxygens (including phenoxy) is 1. The van der Waals surface area contributed by atoms with Gasteiger partial charge in [-0.05, 0) is 25.5 Å². The zero-order valence-electron chi connectivity index (χ0n) is 11.2. The lowest BCUT2D eigenvalue weighted by molar-refractivity contribution is 0.0633. The maximum Gasteiger partial charge on any atom is 0.254 e. The van der Waals surface area contributed by atoms with E-state index in [0.29, 0.717) is 17.3 Å². The molecule has 1 aromatic heterocycles. The predicted octanol–water partition coefficient (Wildman–Crippen LogP) is 2.40. The number of aryl methyl sites for hydroxylation is 1. The first-order chi connectivity index (χ1) is 8.49. The van der Waals surface area contributed by atoms with Crippen LogP contribution in [0.4, 0.5) is 0 Å². The summed E-state index contributed by atoms with van der Waals surface area (Å²) >= 11 is 5.91. The number of hydrogen-bond donors (Lipinski definition) is 0. The Morgan fingerprint density at radius 2 is 2.22 bits per heavy atom. The molecule has 0 N–H and O–H groups in total. The maximum atomic E-state index is 12.3. The molecule has 5 heteroatoms. The van der Waals surface area contributed by atoms with Crippen molar-refractivity contribution in [3.8, 4) is 0 Å². The van der Waals surface area contributed by atoms with Crippen molar-refractivity contribution in [1.82, 2.24) is 9.88 Å². The van der Waals surface area contributed by atoms with Gasteiger partial charge >= 0.3 is 0 Å². The number of rotatable bonds is 5. The number of carbonyl (C=O) groups is 1. The number of methoxy groups -OCH3 is 1. The van der Waals surface area contributed by atoms with Crippen LogP contribution in [-0.2, 0) is 11.2 Å². The van der Waals surface area contributed by atoms with Gasteiger partial charge in [-0.15, -0.1) is 0 Å². The lowest BCUT2D eigenvalue weighted by Crippen LogP contribution is -2.37. The molecule has 0 aliphatic rings. The van der Waals surface area contributed by atoms with Crippen LogP contribution in [0.3, 0.4) is 0 Å². The summed E-state index contributed by atoms with van der Waals surface area (Å²) in [6, 6.07) is 3.39. The molecule has 0 spiro atoms. The Morgan fingerprint density at radius 3 is 2.78 bits per heavy atom. The highest BCUT2D eigenvalue weighted by molar-refractivity contribution is 6.29. The number of halogens is 1. The number of carbonyl (C=O) groups excluding carboxylic acids is 1. The molecule has 0 aromatic carbocycles. The molecule has 0 bridgehead atoms. The number of hydrogen-bond acceptors (Lipinski definition) is 3. The summed E-state index contributed by atoms with van der Waals surface area (Å²) < 4.78 is 5.05. The fourth-order valence-corrected chi connectivity index (χ4v) is 1.84. The summed E-state index contributed by atoms with van der Waals surface area (Å²) in [5.41, 5.74) is 1.39. The highest BCUT2D eigenvalue weighted by atomic mass is 35.5. The molecule has 0 aliphatic carbocycles. The van der Waals surface area contributed by atoms with E-state index < -0.39 is 0 Å². The first kappa shape index (κ1) is 14.9. The molecule has 1 amide bonds. The average Bonchev–Trinajstić information content (AvgIpc) is 2.36. The van der Waals surface area contributed by atoms with Gasteiger partial charge < -0.3 is 9.64 Å². The molecule has 4 nitrogen and oxygen atoms in total. The first-order valence-corrected chi connectivity index (χ1v) is 6.30. The third kappa shape index (κ3) is 3.68. The smallest absolute Gasteiger partial charge is 0.254 e. The summed E-state index contributed by atoms with van der Waals surface area (Å²) in [7, 11) is 3.37. The Labute approximate surface area is 113 Å². The second kappa shape index (κ2) is 6.71. The first-order valence-electron chi connectivity index (χ1n) is 5.92. The van der Waals surface area contributed by atoms with Crippen LogP contribution in [-0.4, -0.2) is 42.6 Å². The number of amides is 1. The zero-order valence-corrected chi connectivity index (χ0v) is 12.0. The van der Waals surface area contributed by atoms with Crippen molar-refractivity contribution in [2.75, 3.05) is 20.8 Å². The fourth-order valence-electron chi connectivity index (χ4n) is 1.61. The largest absolute Gasteiger partial charge is 0.383 e. The van der Waals surface area contributed by atoms with E-state index in [1.54, 1.807) is 31.2 Å². The zero-order chi connectivity index (χ0) is 13.7. The highest BCUT2D eigenvalue weighted by Gasteiger charge is 2.18. The second-order valence-corrected chi connectivity index (χ2v) is 4.63. The van der Waals surface area contributed by atoms with Crippen molar-refractivity contribution < 1.29 is 9.53 Å². The van der Waals surface area contributed by atoms with Crippen molar-refractivity contribution in [2.24, 2.45) is 0 Å². The van der Waals surface area contributed by atoms with Crippen molar-refractivity contribution in [3.63, 3.8) is 0 Å². The van der Waals surface area contributed by atoms with E-state index >= 15 is 0 Å². The minimum Gasteiger partial charge on any atom is -0.383 e. The van der Waals surface area contributed by atoms with E-state index in [-0.39, 0.29) is 11.9 Å². The van der Waals surface area contributed by atoms with E-state index in [9.17, 15) is 4.79 Å². The van der Waals surface area contributed by atoms with Gasteiger partial charge in [-0.3, -0.25) is 4.79 Å². The molecule has 1 unspecified atom stereocenters. The van der Waals surface area contributed by atoms with Crippen molar-refractivity contribution >= 4 is 17.5 Å². The van der Waals surface area contributed by atoms with Crippen LogP contribution in [0.2, 0.25) is 5.15 Å². The molecule has 100 valence electrons. The third-order valence-corrected chi connectivity index (χ3v) is 3.04. The Morgan fingerprint density at radius 1 is 1.56 bits per heavy atom. The van der Waals surface area contributed by atoms with Crippen LogP contribution in [0, 0.1) is 0 Å². The monoisotopic (exact) mass is 270 g/mol. The predicted molar refractivity (Wildman–Crippen MR) is 72.1 cm³/mol. The topological polar surface area (TPSA) is 42.4 Å². The normalized spacial score (nSPS) is 12.3. The van der Waals surface area contributed by atoms with Crippen molar-refractivity contribution in [3.05, 3.63) is 28.5 Å².